The first-order valence-electron chi connectivity index (χ1n) is 11.4. The standard InChI is InChI=1S/C26H29Br2NO3/c1-2-26-14-3-5-20(17-32-25(31)19-8-12-22(28)13-9-19)23(26)29(16-4-15-26)24(30)18-6-10-21(27)11-7-18/h6-13,20,23H,2-5,14-17H2,1H3/t20-,23-,26-/m0/s1. The lowest BCUT2D eigenvalue weighted by atomic mass is 9.60. The third kappa shape index (κ3) is 4.81. The van der Waals surface area contributed by atoms with Gasteiger partial charge in [-0.3, -0.25) is 4.79 Å². The first-order chi connectivity index (χ1) is 15.4. The number of piperidine rings is 1. The number of nitrogens with zero attached hydrogens (tertiary/aromatic N) is 1. The molecule has 6 heteroatoms. The maximum atomic E-state index is 13.6. The Kier molecular flexibility index (Phi) is 7.40. The van der Waals surface area contributed by atoms with Crippen LogP contribution in [-0.4, -0.2) is 36.0 Å². The van der Waals surface area contributed by atoms with Gasteiger partial charge in [0.1, 0.15) is 0 Å². The van der Waals surface area contributed by atoms with Gasteiger partial charge in [-0.2, -0.15) is 0 Å². The Morgan fingerprint density at radius 2 is 1.56 bits per heavy atom. The molecule has 0 radical (unpaired) electrons. The van der Waals surface area contributed by atoms with E-state index >= 15 is 0 Å². The molecule has 2 fully saturated rings. The monoisotopic (exact) mass is 561 g/mol. The highest BCUT2D eigenvalue weighted by Crippen LogP contribution is 2.50. The first kappa shape index (κ1) is 23.5. The average Bonchev–Trinajstić information content (AvgIpc) is 2.82. The number of hydrogen-bond donors (Lipinski definition) is 0. The lowest BCUT2D eigenvalue weighted by Gasteiger charge is -2.55. The minimum Gasteiger partial charge on any atom is -0.462 e. The molecular weight excluding hydrogens is 534 g/mol. The number of ether oxygens (including phenoxy) is 1. The first-order valence-corrected chi connectivity index (χ1v) is 13.0. The predicted molar refractivity (Wildman–Crippen MR) is 133 cm³/mol. The van der Waals surface area contributed by atoms with E-state index < -0.39 is 0 Å². The number of benzene rings is 2. The minimum absolute atomic E-state index is 0.0890. The highest BCUT2D eigenvalue weighted by atomic mass is 79.9. The molecule has 0 unspecified atom stereocenters. The van der Waals surface area contributed by atoms with E-state index in [0.29, 0.717) is 12.2 Å². The Balaban J connectivity index is 1.56. The molecule has 3 atom stereocenters. The number of esters is 1. The molecule has 1 amide bonds. The van der Waals surface area contributed by atoms with Gasteiger partial charge in [0.05, 0.1) is 12.2 Å². The number of hydrogen-bond acceptors (Lipinski definition) is 3. The van der Waals surface area contributed by atoms with Crippen LogP contribution in [0.2, 0.25) is 0 Å². The highest BCUT2D eigenvalue weighted by molar-refractivity contribution is 9.10. The van der Waals surface area contributed by atoms with E-state index in [1.807, 2.05) is 36.4 Å². The summed E-state index contributed by atoms with van der Waals surface area (Å²) in [5.74, 6) is -0.0549. The van der Waals surface area contributed by atoms with Gasteiger partial charge in [-0.15, -0.1) is 0 Å². The molecule has 0 bridgehead atoms. The van der Waals surface area contributed by atoms with Crippen molar-refractivity contribution in [2.24, 2.45) is 11.3 Å². The van der Waals surface area contributed by atoms with Gasteiger partial charge in [-0.1, -0.05) is 45.2 Å². The maximum Gasteiger partial charge on any atom is 0.338 e. The second-order valence-corrected chi connectivity index (χ2v) is 10.9. The van der Waals surface area contributed by atoms with Crippen LogP contribution >= 0.6 is 31.9 Å². The Morgan fingerprint density at radius 1 is 0.969 bits per heavy atom. The SMILES string of the molecule is CC[C@@]12CCC[C@@H](COC(=O)c3ccc(Br)cc3)[C@@H]1N(C(=O)c1ccc(Br)cc1)CCC2. The van der Waals surface area contributed by atoms with Crippen molar-refractivity contribution in [3.8, 4) is 0 Å². The molecule has 4 rings (SSSR count). The summed E-state index contributed by atoms with van der Waals surface area (Å²) in [7, 11) is 0. The van der Waals surface area contributed by atoms with Crippen LogP contribution in [0.25, 0.3) is 0 Å². The number of likely N-dealkylation sites (tertiary alicyclic amines) is 1. The van der Waals surface area contributed by atoms with Gasteiger partial charge in [0.15, 0.2) is 0 Å². The normalized spacial score (nSPS) is 25.2. The molecule has 1 heterocycles. The molecule has 32 heavy (non-hydrogen) atoms. The van der Waals surface area contributed by atoms with E-state index in [9.17, 15) is 9.59 Å². The van der Waals surface area contributed by atoms with Gasteiger partial charge in [0.25, 0.3) is 5.91 Å². The van der Waals surface area contributed by atoms with Crippen LogP contribution in [0.4, 0.5) is 0 Å². The Labute approximate surface area is 207 Å². The largest absolute Gasteiger partial charge is 0.462 e. The Hall–Kier alpha value is -1.66. The molecule has 1 saturated carbocycles. The summed E-state index contributed by atoms with van der Waals surface area (Å²) in [5, 5.41) is 0. The summed E-state index contributed by atoms with van der Waals surface area (Å²) in [4.78, 5) is 28.3. The number of rotatable bonds is 5. The lowest BCUT2D eigenvalue weighted by Crippen LogP contribution is -2.60. The van der Waals surface area contributed by atoms with Gasteiger partial charge < -0.3 is 9.64 Å². The third-order valence-corrected chi connectivity index (χ3v) is 8.35. The molecule has 0 aromatic heterocycles. The van der Waals surface area contributed by atoms with Crippen molar-refractivity contribution in [3.63, 3.8) is 0 Å². The summed E-state index contributed by atoms with van der Waals surface area (Å²) < 4.78 is 7.69. The second-order valence-electron chi connectivity index (χ2n) is 9.03. The van der Waals surface area contributed by atoms with Crippen molar-refractivity contribution in [2.45, 2.75) is 51.5 Å². The highest BCUT2D eigenvalue weighted by Gasteiger charge is 2.50. The van der Waals surface area contributed by atoms with Crippen LogP contribution in [0.1, 0.15) is 66.2 Å². The van der Waals surface area contributed by atoms with E-state index in [-0.39, 0.29) is 29.3 Å². The van der Waals surface area contributed by atoms with Crippen molar-refractivity contribution in [2.75, 3.05) is 13.2 Å². The van der Waals surface area contributed by atoms with Gasteiger partial charge in [-0.05, 0) is 86.1 Å². The number of fused-ring (bicyclic) bond motifs is 1. The van der Waals surface area contributed by atoms with E-state index in [0.717, 1.165) is 59.6 Å². The van der Waals surface area contributed by atoms with Crippen LogP contribution in [0.3, 0.4) is 0 Å². The van der Waals surface area contributed by atoms with Gasteiger partial charge >= 0.3 is 5.97 Å². The lowest BCUT2D eigenvalue weighted by molar-refractivity contribution is -0.0584. The molecule has 1 saturated heterocycles. The van der Waals surface area contributed by atoms with Crippen LogP contribution in [0.5, 0.6) is 0 Å². The molecule has 2 aromatic rings. The van der Waals surface area contributed by atoms with Crippen molar-refractivity contribution in [1.29, 1.82) is 0 Å². The van der Waals surface area contributed by atoms with E-state index in [4.69, 9.17) is 4.74 Å². The summed E-state index contributed by atoms with van der Waals surface area (Å²) in [6, 6.07) is 15.0. The van der Waals surface area contributed by atoms with E-state index in [1.54, 1.807) is 12.1 Å². The number of carbonyl (C=O) groups excluding carboxylic acids is 2. The number of halogens is 2. The molecule has 170 valence electrons. The topological polar surface area (TPSA) is 46.6 Å². The van der Waals surface area contributed by atoms with E-state index in [1.165, 1.54) is 0 Å². The zero-order valence-electron chi connectivity index (χ0n) is 18.4. The quantitative estimate of drug-likeness (QED) is 0.373. The molecule has 2 aliphatic rings. The third-order valence-electron chi connectivity index (χ3n) is 7.30. The minimum atomic E-state index is -0.299. The Bertz CT molecular complexity index is 956. The van der Waals surface area contributed by atoms with Crippen LogP contribution < -0.4 is 0 Å². The van der Waals surface area contributed by atoms with Crippen molar-refractivity contribution < 1.29 is 14.3 Å². The summed E-state index contributed by atoms with van der Waals surface area (Å²) in [5.41, 5.74) is 1.38. The van der Waals surface area contributed by atoms with Crippen LogP contribution in [-0.2, 0) is 4.74 Å². The molecule has 4 nitrogen and oxygen atoms in total. The predicted octanol–water partition coefficient (Wildman–Crippen LogP) is 6.87. The van der Waals surface area contributed by atoms with Crippen molar-refractivity contribution in [3.05, 3.63) is 68.6 Å². The molecule has 0 N–H and O–H groups in total. The summed E-state index contributed by atoms with van der Waals surface area (Å²) >= 11 is 6.86. The fourth-order valence-corrected chi connectivity index (χ4v) is 6.22. The number of amides is 1. The fraction of sp³-hybridized carbons (Fsp3) is 0.462. The number of carbonyl (C=O) groups is 2. The maximum absolute atomic E-state index is 13.6. The smallest absolute Gasteiger partial charge is 0.338 e. The summed E-state index contributed by atoms with van der Waals surface area (Å²) in [6.07, 6.45) is 6.43. The van der Waals surface area contributed by atoms with Crippen LogP contribution in [0, 0.1) is 11.3 Å². The van der Waals surface area contributed by atoms with Gasteiger partial charge in [0.2, 0.25) is 0 Å². The van der Waals surface area contributed by atoms with Crippen molar-refractivity contribution >= 4 is 43.7 Å². The zero-order valence-corrected chi connectivity index (χ0v) is 21.5. The fourth-order valence-electron chi connectivity index (χ4n) is 5.70. The van der Waals surface area contributed by atoms with Crippen LogP contribution in [0.15, 0.2) is 57.5 Å². The molecule has 1 aliphatic heterocycles. The average molecular weight is 563 g/mol. The molecular formula is C26H29Br2NO3. The van der Waals surface area contributed by atoms with Crippen molar-refractivity contribution in [1.82, 2.24) is 4.90 Å². The molecule has 0 spiro atoms. The van der Waals surface area contributed by atoms with Gasteiger partial charge in [-0.25, -0.2) is 4.79 Å². The molecule has 1 aliphatic carbocycles. The zero-order chi connectivity index (χ0) is 22.7. The second kappa shape index (κ2) is 10.1. The Morgan fingerprint density at radius 3 is 2.19 bits per heavy atom. The molecule has 2 aromatic carbocycles. The van der Waals surface area contributed by atoms with Gasteiger partial charge in [0, 0.05) is 33.0 Å². The van der Waals surface area contributed by atoms with E-state index in [2.05, 4.69) is 43.7 Å². The summed E-state index contributed by atoms with van der Waals surface area (Å²) in [6.45, 7) is 3.36.